The Balaban J connectivity index is 3.38. The van der Waals surface area contributed by atoms with Gasteiger partial charge < -0.3 is 9.59 Å². The van der Waals surface area contributed by atoms with Crippen molar-refractivity contribution in [2.45, 2.75) is 64.7 Å². The van der Waals surface area contributed by atoms with E-state index < -0.39 is 0 Å². The lowest BCUT2D eigenvalue weighted by molar-refractivity contribution is -0.890. The van der Waals surface area contributed by atoms with E-state index in [4.69, 9.17) is 5.11 Å². The number of rotatable bonds is 12. The monoisotopic (exact) mass is 244 g/mol. The molecule has 0 aliphatic heterocycles. The number of quaternary nitrogens is 1. The molecule has 0 amide bonds. The molecule has 0 saturated carbocycles. The van der Waals surface area contributed by atoms with E-state index in [9.17, 15) is 0 Å². The second-order valence-corrected chi connectivity index (χ2v) is 5.93. The van der Waals surface area contributed by atoms with Crippen LogP contribution in [0.1, 0.15) is 64.7 Å². The molecule has 2 nitrogen and oxygen atoms in total. The maximum Gasteiger partial charge on any atom is 0.0782 e. The second kappa shape index (κ2) is 11.0. The highest BCUT2D eigenvalue weighted by molar-refractivity contribution is 4.45. The first-order valence-electron chi connectivity index (χ1n) is 7.55. The van der Waals surface area contributed by atoms with Gasteiger partial charge in [0.15, 0.2) is 0 Å². The normalized spacial score (nSPS) is 12.0. The number of nitrogens with zero attached hydrogens (tertiary/aromatic N) is 1. The molecule has 1 N–H and O–H groups in total. The largest absolute Gasteiger partial charge is 0.396 e. The van der Waals surface area contributed by atoms with Gasteiger partial charge in [0.25, 0.3) is 0 Å². The molecule has 0 aliphatic rings. The molecule has 0 aromatic rings. The summed E-state index contributed by atoms with van der Waals surface area (Å²) in [4.78, 5) is 0. The van der Waals surface area contributed by atoms with E-state index in [1.54, 1.807) is 0 Å². The predicted molar refractivity (Wildman–Crippen MR) is 76.2 cm³/mol. The molecule has 0 unspecified atom stereocenters. The third kappa shape index (κ3) is 12.2. The molecule has 0 heterocycles. The molecule has 0 aromatic heterocycles. The van der Waals surface area contributed by atoms with Gasteiger partial charge in [-0.05, 0) is 32.1 Å². The molecule has 0 aromatic carbocycles. The minimum Gasteiger partial charge on any atom is -0.396 e. The van der Waals surface area contributed by atoms with Crippen LogP contribution in [0.5, 0.6) is 0 Å². The van der Waals surface area contributed by atoms with E-state index in [0.29, 0.717) is 6.61 Å². The van der Waals surface area contributed by atoms with Crippen molar-refractivity contribution >= 4 is 0 Å². The molecule has 0 saturated heterocycles. The minimum absolute atomic E-state index is 0.357. The zero-order valence-corrected chi connectivity index (χ0v) is 12.4. The summed E-state index contributed by atoms with van der Waals surface area (Å²) in [6.45, 7) is 5.24. The van der Waals surface area contributed by atoms with Gasteiger partial charge in [-0.2, -0.15) is 0 Å². The molecule has 104 valence electrons. The Morgan fingerprint density at radius 3 is 1.65 bits per heavy atom. The Labute approximate surface area is 109 Å². The minimum atomic E-state index is 0.357. The fraction of sp³-hybridized carbons (Fsp3) is 1.00. The van der Waals surface area contributed by atoms with Gasteiger partial charge in [-0.25, -0.2) is 0 Å². The van der Waals surface area contributed by atoms with Gasteiger partial charge >= 0.3 is 0 Å². The van der Waals surface area contributed by atoms with Crippen LogP contribution in [0.4, 0.5) is 0 Å². The maximum atomic E-state index is 8.71. The maximum absolute atomic E-state index is 8.71. The van der Waals surface area contributed by atoms with Gasteiger partial charge in [-0.1, -0.05) is 32.6 Å². The number of aliphatic hydroxyl groups is 1. The highest BCUT2D eigenvalue weighted by Crippen LogP contribution is 2.09. The Morgan fingerprint density at radius 2 is 1.18 bits per heavy atom. The molecule has 0 radical (unpaired) electrons. The van der Waals surface area contributed by atoms with Gasteiger partial charge in [-0.3, -0.25) is 0 Å². The first-order valence-corrected chi connectivity index (χ1v) is 7.55. The molecule has 2 heteroatoms. The third-order valence-electron chi connectivity index (χ3n) is 3.54. The fourth-order valence-corrected chi connectivity index (χ4v) is 2.26. The summed E-state index contributed by atoms with van der Waals surface area (Å²) >= 11 is 0. The molecule has 0 fully saturated rings. The molecule has 0 spiro atoms. The van der Waals surface area contributed by atoms with Gasteiger partial charge in [-0.15, -0.1) is 0 Å². The van der Waals surface area contributed by atoms with E-state index in [0.717, 1.165) is 6.42 Å². The quantitative estimate of drug-likeness (QED) is 0.411. The van der Waals surface area contributed by atoms with Crippen LogP contribution in [-0.2, 0) is 0 Å². The summed E-state index contributed by atoms with van der Waals surface area (Å²) < 4.78 is 1.17. The van der Waals surface area contributed by atoms with Crippen molar-refractivity contribution in [3.63, 3.8) is 0 Å². The van der Waals surface area contributed by atoms with Crippen LogP contribution >= 0.6 is 0 Å². The zero-order chi connectivity index (χ0) is 13.0. The van der Waals surface area contributed by atoms with Crippen molar-refractivity contribution in [2.24, 2.45) is 0 Å². The molecular weight excluding hydrogens is 210 g/mol. The van der Waals surface area contributed by atoms with Crippen molar-refractivity contribution in [3.8, 4) is 0 Å². The molecule has 0 atom stereocenters. The number of hydrogen-bond donors (Lipinski definition) is 1. The zero-order valence-electron chi connectivity index (χ0n) is 12.4. The van der Waals surface area contributed by atoms with E-state index in [-0.39, 0.29) is 0 Å². The van der Waals surface area contributed by atoms with E-state index >= 15 is 0 Å². The predicted octanol–water partition coefficient (Wildman–Crippen LogP) is 3.59. The standard InChI is InChI=1S/C15H34NO/c1-4-5-6-7-10-13-16(2,3)14-11-8-9-12-15-17/h17H,4-15H2,1-3H3/q+1. The Kier molecular flexibility index (Phi) is 11.0. The van der Waals surface area contributed by atoms with Crippen molar-refractivity contribution in [1.82, 2.24) is 0 Å². The summed E-state index contributed by atoms with van der Waals surface area (Å²) in [7, 11) is 4.71. The molecule has 0 rings (SSSR count). The molecular formula is C15H34NO+. The summed E-state index contributed by atoms with van der Waals surface area (Å²) in [5.74, 6) is 0. The lowest BCUT2D eigenvalue weighted by atomic mass is 10.1. The van der Waals surface area contributed by atoms with Gasteiger partial charge in [0.2, 0.25) is 0 Å². The average molecular weight is 244 g/mol. The highest BCUT2D eigenvalue weighted by atomic mass is 16.2. The van der Waals surface area contributed by atoms with Crippen molar-refractivity contribution < 1.29 is 9.59 Å². The first kappa shape index (κ1) is 16.9. The fourth-order valence-electron chi connectivity index (χ4n) is 2.26. The Morgan fingerprint density at radius 1 is 0.706 bits per heavy atom. The SMILES string of the molecule is CCCCCCC[N+](C)(C)CCCCCCO. The van der Waals surface area contributed by atoms with Crippen molar-refractivity contribution in [1.29, 1.82) is 0 Å². The van der Waals surface area contributed by atoms with Gasteiger partial charge in [0.05, 0.1) is 27.2 Å². The summed E-state index contributed by atoms with van der Waals surface area (Å²) in [6.07, 6.45) is 11.7. The smallest absolute Gasteiger partial charge is 0.0782 e. The molecule has 17 heavy (non-hydrogen) atoms. The second-order valence-electron chi connectivity index (χ2n) is 5.93. The highest BCUT2D eigenvalue weighted by Gasteiger charge is 2.13. The number of aliphatic hydroxyl groups excluding tert-OH is 1. The van der Waals surface area contributed by atoms with Crippen LogP contribution in [-0.4, -0.2) is 43.4 Å². The number of unbranched alkanes of at least 4 members (excludes halogenated alkanes) is 7. The van der Waals surface area contributed by atoms with Gasteiger partial charge in [0.1, 0.15) is 0 Å². The summed E-state index contributed by atoms with van der Waals surface area (Å²) in [5.41, 5.74) is 0. The third-order valence-corrected chi connectivity index (χ3v) is 3.54. The summed E-state index contributed by atoms with van der Waals surface area (Å²) in [6, 6.07) is 0. The number of hydrogen-bond acceptors (Lipinski definition) is 1. The van der Waals surface area contributed by atoms with E-state index in [1.807, 2.05) is 0 Å². The van der Waals surface area contributed by atoms with Crippen LogP contribution in [0.15, 0.2) is 0 Å². The van der Waals surface area contributed by atoms with Crippen LogP contribution in [0.3, 0.4) is 0 Å². The summed E-state index contributed by atoms with van der Waals surface area (Å²) in [5, 5.41) is 8.71. The van der Waals surface area contributed by atoms with Crippen LogP contribution in [0.2, 0.25) is 0 Å². The van der Waals surface area contributed by atoms with Crippen molar-refractivity contribution in [2.75, 3.05) is 33.8 Å². The van der Waals surface area contributed by atoms with Gasteiger partial charge in [0, 0.05) is 6.61 Å². The average Bonchev–Trinajstić information content (AvgIpc) is 2.28. The Bertz CT molecular complexity index is 141. The molecule has 0 aliphatic carbocycles. The van der Waals surface area contributed by atoms with Crippen molar-refractivity contribution in [3.05, 3.63) is 0 Å². The van der Waals surface area contributed by atoms with Crippen LogP contribution in [0, 0.1) is 0 Å². The lowest BCUT2D eigenvalue weighted by Gasteiger charge is -2.30. The van der Waals surface area contributed by atoms with Crippen LogP contribution in [0.25, 0.3) is 0 Å². The lowest BCUT2D eigenvalue weighted by Crippen LogP contribution is -2.41. The van der Waals surface area contributed by atoms with E-state index in [1.165, 1.54) is 68.9 Å². The first-order chi connectivity index (χ1) is 8.12. The van der Waals surface area contributed by atoms with E-state index in [2.05, 4.69) is 21.0 Å². The Hall–Kier alpha value is -0.0800. The van der Waals surface area contributed by atoms with Crippen LogP contribution < -0.4 is 0 Å². The topological polar surface area (TPSA) is 20.2 Å². The molecule has 0 bridgehead atoms.